The van der Waals surface area contributed by atoms with E-state index in [4.69, 9.17) is 42.3 Å². The van der Waals surface area contributed by atoms with Crippen molar-refractivity contribution in [2.24, 2.45) is 0 Å². The maximum Gasteiger partial charge on any atom is 0.261 e. The summed E-state index contributed by atoms with van der Waals surface area (Å²) in [5.74, 6) is 0. The first-order chi connectivity index (χ1) is 30.0. The van der Waals surface area contributed by atoms with Crippen molar-refractivity contribution >= 4 is 18.7 Å². The molecule has 5 aromatic carbocycles. The first kappa shape index (κ1) is 48.0. The average molecular weight is 851 g/mol. The number of benzene rings is 5. The molecule has 0 spiro atoms. The second-order valence-electron chi connectivity index (χ2n) is 15.4. The van der Waals surface area contributed by atoms with Crippen molar-refractivity contribution in [1.29, 1.82) is 0 Å². The maximum atomic E-state index is 6.87. The highest BCUT2D eigenvalue weighted by Gasteiger charge is 2.50. The molecule has 0 N–H and O–H groups in total. The Bertz CT molecular complexity index is 1690. The lowest BCUT2D eigenvalue weighted by Crippen LogP contribution is -2.66. The summed E-state index contributed by atoms with van der Waals surface area (Å²) in [5.41, 5.74) is 2.45. The lowest BCUT2D eigenvalue weighted by molar-refractivity contribution is -0.0397. The van der Waals surface area contributed by atoms with Gasteiger partial charge >= 0.3 is 0 Å². The third-order valence-electron chi connectivity index (χ3n) is 10.3. The molecule has 0 saturated carbocycles. The fourth-order valence-electron chi connectivity index (χ4n) is 7.46. The van der Waals surface area contributed by atoms with Gasteiger partial charge in [-0.25, -0.2) is 0 Å². The molecule has 0 atom stereocenters. The van der Waals surface area contributed by atoms with Gasteiger partial charge in [0.2, 0.25) is 0 Å². The van der Waals surface area contributed by atoms with Gasteiger partial charge in [0, 0.05) is 0 Å². The SMILES string of the molecule is CC(C)(C)[Si](OCCOCCOCCOCCOCCOCCOCCOCCOC(c1ccccc1)(c1ccccc1)c1ccccc1)(c1ccccc1)c1ccccc1. The number of hydrogen-bond acceptors (Lipinski definition) is 9. The highest BCUT2D eigenvalue weighted by molar-refractivity contribution is 6.99. The maximum absolute atomic E-state index is 6.87. The van der Waals surface area contributed by atoms with E-state index in [1.54, 1.807) is 0 Å². The van der Waals surface area contributed by atoms with Gasteiger partial charge in [-0.2, -0.15) is 0 Å². The molecule has 0 aromatic heterocycles. The van der Waals surface area contributed by atoms with Gasteiger partial charge in [0.15, 0.2) is 0 Å². The van der Waals surface area contributed by atoms with Crippen LogP contribution in [-0.4, -0.2) is 114 Å². The van der Waals surface area contributed by atoms with E-state index < -0.39 is 13.9 Å². The molecule has 5 aromatic rings. The van der Waals surface area contributed by atoms with Crippen LogP contribution in [0.4, 0.5) is 0 Å². The van der Waals surface area contributed by atoms with Crippen LogP contribution in [0.1, 0.15) is 37.5 Å². The van der Waals surface area contributed by atoms with Crippen molar-refractivity contribution in [3.63, 3.8) is 0 Å². The normalized spacial score (nSPS) is 12.2. The van der Waals surface area contributed by atoms with Gasteiger partial charge in [-0.15, -0.1) is 0 Å². The summed E-state index contributed by atoms with van der Waals surface area (Å²) in [5, 5.41) is 2.47. The van der Waals surface area contributed by atoms with Gasteiger partial charge in [0.05, 0.1) is 106 Å². The third kappa shape index (κ3) is 14.8. The monoisotopic (exact) mass is 850 g/mol. The topological polar surface area (TPSA) is 83.1 Å². The molecule has 0 amide bonds. The van der Waals surface area contributed by atoms with Crippen LogP contribution in [0.15, 0.2) is 152 Å². The van der Waals surface area contributed by atoms with Crippen LogP contribution in [0.5, 0.6) is 0 Å². The minimum Gasteiger partial charge on any atom is -0.405 e. The molecule has 9 nitrogen and oxygen atoms in total. The second kappa shape index (κ2) is 27.1. The van der Waals surface area contributed by atoms with E-state index in [0.717, 1.165) is 16.7 Å². The van der Waals surface area contributed by atoms with Gasteiger partial charge in [-0.3, -0.25) is 0 Å². The first-order valence-corrected chi connectivity index (χ1v) is 23.5. The molecule has 328 valence electrons. The zero-order chi connectivity index (χ0) is 42.7. The minimum absolute atomic E-state index is 0.0606. The number of rotatable bonds is 31. The van der Waals surface area contributed by atoms with Crippen molar-refractivity contribution < 1.29 is 42.3 Å². The van der Waals surface area contributed by atoms with Gasteiger partial charge in [-0.1, -0.05) is 172 Å². The predicted molar refractivity (Wildman–Crippen MR) is 244 cm³/mol. The first-order valence-electron chi connectivity index (χ1n) is 21.6. The Balaban J connectivity index is 0.825. The summed E-state index contributed by atoms with van der Waals surface area (Å²) in [6, 6.07) is 52.4. The molecular weight excluding hydrogens is 785 g/mol. The van der Waals surface area contributed by atoms with Gasteiger partial charge in [0.25, 0.3) is 8.32 Å². The van der Waals surface area contributed by atoms with Crippen LogP contribution < -0.4 is 10.4 Å². The Morgan fingerprint density at radius 2 is 0.557 bits per heavy atom. The van der Waals surface area contributed by atoms with Crippen molar-refractivity contribution in [3.05, 3.63) is 168 Å². The lowest BCUT2D eigenvalue weighted by atomic mass is 9.80. The molecule has 10 heteroatoms. The molecule has 61 heavy (non-hydrogen) atoms. The molecule has 0 bridgehead atoms. The zero-order valence-electron chi connectivity index (χ0n) is 36.4. The zero-order valence-corrected chi connectivity index (χ0v) is 37.4. The Morgan fingerprint density at radius 1 is 0.311 bits per heavy atom. The highest BCUT2D eigenvalue weighted by atomic mass is 28.4. The van der Waals surface area contributed by atoms with E-state index in [1.807, 2.05) is 54.6 Å². The van der Waals surface area contributed by atoms with Crippen molar-refractivity contribution in [2.75, 3.05) is 106 Å². The van der Waals surface area contributed by atoms with Gasteiger partial charge < -0.3 is 42.3 Å². The van der Waals surface area contributed by atoms with Gasteiger partial charge in [0.1, 0.15) is 5.60 Å². The summed E-state index contributed by atoms with van der Waals surface area (Å²) in [6.07, 6.45) is 0. The molecule has 0 aliphatic heterocycles. The molecule has 0 fully saturated rings. The van der Waals surface area contributed by atoms with Crippen LogP contribution in [0.2, 0.25) is 5.04 Å². The predicted octanol–water partition coefficient (Wildman–Crippen LogP) is 7.69. The summed E-state index contributed by atoms with van der Waals surface area (Å²) in [4.78, 5) is 0. The quantitative estimate of drug-likeness (QED) is 0.0254. The fourth-order valence-corrected chi connectivity index (χ4v) is 12.0. The summed E-state index contributed by atoms with van der Waals surface area (Å²) < 4.78 is 53.6. The van der Waals surface area contributed by atoms with E-state index in [2.05, 4.69) is 118 Å². The fraction of sp³-hybridized carbons (Fsp3) is 0.412. The summed E-state index contributed by atoms with van der Waals surface area (Å²) in [6.45, 7) is 14.7. The minimum atomic E-state index is -2.55. The molecule has 0 radical (unpaired) electrons. The van der Waals surface area contributed by atoms with Crippen LogP contribution in [0, 0.1) is 0 Å². The van der Waals surface area contributed by atoms with Crippen molar-refractivity contribution in [1.82, 2.24) is 0 Å². The molecule has 0 heterocycles. The lowest BCUT2D eigenvalue weighted by Gasteiger charge is -2.43. The van der Waals surface area contributed by atoms with Crippen molar-refractivity contribution in [3.8, 4) is 0 Å². The van der Waals surface area contributed by atoms with E-state index in [0.29, 0.717) is 106 Å². The Kier molecular flexibility index (Phi) is 21.3. The van der Waals surface area contributed by atoms with Crippen LogP contribution in [-0.2, 0) is 47.9 Å². The summed E-state index contributed by atoms with van der Waals surface area (Å²) >= 11 is 0. The third-order valence-corrected chi connectivity index (χ3v) is 15.3. The molecular formula is C51H66O9Si. The van der Waals surface area contributed by atoms with Crippen LogP contribution in [0.25, 0.3) is 0 Å². The van der Waals surface area contributed by atoms with E-state index in [9.17, 15) is 0 Å². The highest BCUT2D eigenvalue weighted by Crippen LogP contribution is 2.40. The number of hydrogen-bond donors (Lipinski definition) is 0. The Hall–Kier alpha value is -4.04. The second-order valence-corrected chi connectivity index (χ2v) is 19.7. The molecule has 0 aliphatic carbocycles. The largest absolute Gasteiger partial charge is 0.405 e. The molecule has 0 aliphatic rings. The molecule has 0 saturated heterocycles. The molecule has 0 unspecified atom stereocenters. The Labute approximate surface area is 365 Å². The van der Waals surface area contributed by atoms with Gasteiger partial charge in [-0.05, 0) is 32.1 Å². The summed E-state index contributed by atoms with van der Waals surface area (Å²) in [7, 11) is -2.55. The van der Waals surface area contributed by atoms with E-state index in [-0.39, 0.29) is 5.04 Å². The molecule has 5 rings (SSSR count). The average Bonchev–Trinajstić information content (AvgIpc) is 3.30. The van der Waals surface area contributed by atoms with Crippen LogP contribution in [0.3, 0.4) is 0 Å². The number of ether oxygens (including phenoxy) is 8. The van der Waals surface area contributed by atoms with E-state index >= 15 is 0 Å². The van der Waals surface area contributed by atoms with Crippen LogP contribution >= 0.6 is 0 Å². The Morgan fingerprint density at radius 3 is 0.836 bits per heavy atom. The van der Waals surface area contributed by atoms with E-state index in [1.165, 1.54) is 10.4 Å². The van der Waals surface area contributed by atoms with Crippen molar-refractivity contribution in [2.45, 2.75) is 31.4 Å². The smallest absolute Gasteiger partial charge is 0.261 e. The standard InChI is InChI=1S/C51H66O9Si/c1-50(2,3)61(48-25-15-7-16-26-48,49-27-17-8-18-28-49)60-44-42-58-40-38-56-36-34-54-32-30-52-29-31-53-33-35-55-37-39-57-41-43-59-51(45-19-9-4-10-20-45,46-21-11-5-12-22-46)47-23-13-6-14-24-47/h4-28H,29-44H2,1-3H3.